The van der Waals surface area contributed by atoms with Gasteiger partial charge in [-0.3, -0.25) is 0 Å². The van der Waals surface area contributed by atoms with Gasteiger partial charge in [0.15, 0.2) is 8.32 Å². The third-order valence-electron chi connectivity index (χ3n) is 6.03. The van der Waals surface area contributed by atoms with E-state index in [-0.39, 0.29) is 0 Å². The van der Waals surface area contributed by atoms with Crippen LogP contribution in [-0.4, -0.2) is 26.0 Å². The average molecular weight is 351 g/mol. The van der Waals surface area contributed by atoms with E-state index in [1.165, 1.54) is 31.4 Å². The lowest BCUT2D eigenvalue weighted by atomic mass is 9.86. The van der Waals surface area contributed by atoms with Crippen molar-refractivity contribution in [3.05, 3.63) is 18.5 Å². The Hall–Kier alpha value is -0.743. The molecule has 0 saturated heterocycles. The van der Waals surface area contributed by atoms with Crippen LogP contribution >= 0.6 is 0 Å². The topological polar surface area (TPSA) is 37.0 Å². The molecule has 24 heavy (non-hydrogen) atoms. The standard InChI is InChI=1S/C20H38N2OSi/c1-15(2)24(16(3)4,17(5)6)23-14-18-8-7-9-19(12-18)22-20-10-11-21-13-20/h10-11,13,15-19,21-22H,7-9,12,14H2,1-6H3/t18-,19-/m0/s1. The van der Waals surface area contributed by atoms with Crippen LogP contribution in [0.2, 0.25) is 16.6 Å². The molecule has 1 aliphatic rings. The molecule has 0 bridgehead atoms. The molecule has 0 unspecified atom stereocenters. The molecule has 2 N–H and O–H groups in total. The molecule has 0 aromatic carbocycles. The van der Waals surface area contributed by atoms with Crippen LogP contribution in [0.1, 0.15) is 67.2 Å². The summed E-state index contributed by atoms with van der Waals surface area (Å²) in [4.78, 5) is 3.13. The summed E-state index contributed by atoms with van der Waals surface area (Å²) in [6, 6.07) is 2.71. The number of anilines is 1. The normalized spacial score (nSPS) is 22.5. The van der Waals surface area contributed by atoms with E-state index in [0.29, 0.717) is 28.6 Å². The molecule has 1 heterocycles. The van der Waals surface area contributed by atoms with Crippen molar-refractivity contribution in [2.24, 2.45) is 5.92 Å². The second-order valence-corrected chi connectivity index (χ2v) is 14.1. The van der Waals surface area contributed by atoms with Gasteiger partial charge in [0, 0.05) is 25.0 Å². The molecule has 1 fully saturated rings. The molecular formula is C20H38N2OSi. The van der Waals surface area contributed by atoms with E-state index >= 15 is 0 Å². The molecule has 2 rings (SSSR count). The van der Waals surface area contributed by atoms with Crippen molar-refractivity contribution in [3.63, 3.8) is 0 Å². The molecule has 1 saturated carbocycles. The van der Waals surface area contributed by atoms with E-state index in [9.17, 15) is 0 Å². The summed E-state index contributed by atoms with van der Waals surface area (Å²) >= 11 is 0. The molecule has 2 atom stereocenters. The zero-order chi connectivity index (χ0) is 17.7. The van der Waals surface area contributed by atoms with Crippen LogP contribution in [-0.2, 0) is 4.43 Å². The van der Waals surface area contributed by atoms with Crippen molar-refractivity contribution in [1.29, 1.82) is 0 Å². The Morgan fingerprint density at radius 3 is 2.33 bits per heavy atom. The lowest BCUT2D eigenvalue weighted by Crippen LogP contribution is -2.49. The quantitative estimate of drug-likeness (QED) is 0.549. The Morgan fingerprint density at radius 1 is 1.12 bits per heavy atom. The summed E-state index contributed by atoms with van der Waals surface area (Å²) in [5, 5.41) is 3.68. The van der Waals surface area contributed by atoms with Crippen LogP contribution in [0.3, 0.4) is 0 Å². The Labute approximate surface area is 150 Å². The van der Waals surface area contributed by atoms with E-state index in [1.54, 1.807) is 0 Å². The fraction of sp³-hybridized carbons (Fsp3) is 0.800. The van der Waals surface area contributed by atoms with Crippen molar-refractivity contribution >= 4 is 14.0 Å². The smallest absolute Gasteiger partial charge is 0.200 e. The molecule has 138 valence electrons. The van der Waals surface area contributed by atoms with Gasteiger partial charge < -0.3 is 14.7 Å². The van der Waals surface area contributed by atoms with Crippen molar-refractivity contribution in [3.8, 4) is 0 Å². The predicted molar refractivity (Wildman–Crippen MR) is 107 cm³/mol. The van der Waals surface area contributed by atoms with Gasteiger partial charge in [0.05, 0.1) is 5.69 Å². The highest BCUT2D eigenvalue weighted by Crippen LogP contribution is 2.43. The summed E-state index contributed by atoms with van der Waals surface area (Å²) in [6.45, 7) is 15.2. The number of hydrogen-bond acceptors (Lipinski definition) is 2. The van der Waals surface area contributed by atoms with Gasteiger partial charge in [-0.05, 0) is 47.9 Å². The molecule has 3 nitrogen and oxygen atoms in total. The van der Waals surface area contributed by atoms with Crippen molar-refractivity contribution in [2.45, 2.75) is 89.9 Å². The Balaban J connectivity index is 1.94. The first-order valence-electron chi connectivity index (χ1n) is 9.89. The van der Waals surface area contributed by atoms with Gasteiger partial charge >= 0.3 is 0 Å². The highest BCUT2D eigenvalue weighted by molar-refractivity contribution is 6.77. The highest BCUT2D eigenvalue weighted by Gasteiger charge is 2.45. The highest BCUT2D eigenvalue weighted by atomic mass is 28.4. The van der Waals surface area contributed by atoms with Gasteiger partial charge in [-0.15, -0.1) is 0 Å². The minimum Gasteiger partial charge on any atom is -0.416 e. The zero-order valence-corrected chi connectivity index (χ0v) is 17.6. The van der Waals surface area contributed by atoms with Crippen LogP contribution < -0.4 is 5.32 Å². The number of rotatable bonds is 8. The molecule has 1 aromatic heterocycles. The molecule has 4 heteroatoms. The number of aromatic nitrogens is 1. The van der Waals surface area contributed by atoms with Crippen LogP contribution in [0, 0.1) is 5.92 Å². The van der Waals surface area contributed by atoms with Gasteiger partial charge in [-0.1, -0.05) is 48.0 Å². The predicted octanol–water partition coefficient (Wildman–Crippen LogP) is 6.18. The van der Waals surface area contributed by atoms with E-state index in [0.717, 1.165) is 6.61 Å². The van der Waals surface area contributed by atoms with Crippen molar-refractivity contribution in [1.82, 2.24) is 4.98 Å². The van der Waals surface area contributed by atoms with Crippen LogP contribution in [0.4, 0.5) is 5.69 Å². The average Bonchev–Trinajstić information content (AvgIpc) is 3.00. The van der Waals surface area contributed by atoms with Gasteiger partial charge in [-0.2, -0.15) is 0 Å². The molecule has 1 aliphatic carbocycles. The first kappa shape index (κ1) is 19.6. The molecular weight excluding hydrogens is 312 g/mol. The number of aromatic amines is 1. The van der Waals surface area contributed by atoms with Crippen LogP contribution in [0.15, 0.2) is 18.5 Å². The molecule has 0 aliphatic heterocycles. The second kappa shape index (κ2) is 8.57. The summed E-state index contributed by atoms with van der Waals surface area (Å²) in [5.41, 5.74) is 3.25. The Bertz CT molecular complexity index is 448. The monoisotopic (exact) mass is 350 g/mol. The third kappa shape index (κ3) is 4.45. The maximum atomic E-state index is 6.84. The summed E-state index contributed by atoms with van der Waals surface area (Å²) in [5.74, 6) is 0.707. The fourth-order valence-electron chi connectivity index (χ4n) is 4.99. The lowest BCUT2D eigenvalue weighted by Gasteiger charge is -2.43. The molecule has 0 amide bonds. The van der Waals surface area contributed by atoms with Crippen LogP contribution in [0.5, 0.6) is 0 Å². The van der Waals surface area contributed by atoms with Crippen molar-refractivity contribution in [2.75, 3.05) is 11.9 Å². The van der Waals surface area contributed by atoms with Crippen molar-refractivity contribution < 1.29 is 4.43 Å². The summed E-state index contributed by atoms with van der Waals surface area (Å²) < 4.78 is 6.84. The summed E-state index contributed by atoms with van der Waals surface area (Å²) in [7, 11) is -1.72. The van der Waals surface area contributed by atoms with Gasteiger partial charge in [0.25, 0.3) is 0 Å². The number of hydrogen-bond donors (Lipinski definition) is 2. The molecule has 0 spiro atoms. The second-order valence-electron chi connectivity index (χ2n) is 8.60. The maximum Gasteiger partial charge on any atom is 0.200 e. The minimum atomic E-state index is -1.72. The van der Waals surface area contributed by atoms with Gasteiger partial charge in [0.1, 0.15) is 0 Å². The third-order valence-corrected chi connectivity index (χ3v) is 12.1. The number of H-pyrrole nitrogens is 1. The largest absolute Gasteiger partial charge is 0.416 e. The maximum absolute atomic E-state index is 6.84. The fourth-order valence-corrected chi connectivity index (χ4v) is 10.5. The lowest BCUT2D eigenvalue weighted by molar-refractivity contribution is 0.182. The van der Waals surface area contributed by atoms with E-state index < -0.39 is 8.32 Å². The summed E-state index contributed by atoms with van der Waals surface area (Å²) in [6.07, 6.45) is 9.19. The van der Waals surface area contributed by atoms with Gasteiger partial charge in [0.2, 0.25) is 0 Å². The Morgan fingerprint density at radius 2 is 1.79 bits per heavy atom. The first-order chi connectivity index (χ1) is 11.4. The molecule has 1 aromatic rings. The Kier molecular flexibility index (Phi) is 6.99. The SMILES string of the molecule is CC(C)[Si](OC[C@H]1CCC[C@H](Nc2cc[nH]c2)C1)(C(C)C)C(C)C. The van der Waals surface area contributed by atoms with E-state index in [1.807, 2.05) is 12.4 Å². The first-order valence-corrected chi connectivity index (χ1v) is 12.0. The van der Waals surface area contributed by atoms with E-state index in [2.05, 4.69) is 57.9 Å². The molecule has 0 radical (unpaired) electrons. The zero-order valence-electron chi connectivity index (χ0n) is 16.6. The number of nitrogens with one attached hydrogen (secondary N) is 2. The van der Waals surface area contributed by atoms with E-state index in [4.69, 9.17) is 4.43 Å². The van der Waals surface area contributed by atoms with Gasteiger partial charge in [-0.25, -0.2) is 0 Å². The minimum absolute atomic E-state index is 0.594. The van der Waals surface area contributed by atoms with Crippen LogP contribution in [0.25, 0.3) is 0 Å².